The Hall–Kier alpha value is -1.15. The topological polar surface area (TPSA) is 78.5 Å². The zero-order valence-corrected chi connectivity index (χ0v) is 15.8. The van der Waals surface area contributed by atoms with Gasteiger partial charge >= 0.3 is 0 Å². The van der Waals surface area contributed by atoms with Gasteiger partial charge in [-0.05, 0) is 30.7 Å². The van der Waals surface area contributed by atoms with E-state index in [-0.39, 0.29) is 29.1 Å². The minimum absolute atomic E-state index is 0. The first-order valence-electron chi connectivity index (χ1n) is 8.06. The molecule has 1 fully saturated rings. The Kier molecular flexibility index (Phi) is 8.15. The van der Waals surface area contributed by atoms with Gasteiger partial charge < -0.3 is 10.6 Å². The molecule has 8 heteroatoms. The molecule has 136 valence electrons. The summed E-state index contributed by atoms with van der Waals surface area (Å²) in [6, 6.07) is 6.71. The molecule has 24 heavy (non-hydrogen) atoms. The molecule has 1 aliphatic rings. The van der Waals surface area contributed by atoms with Crippen molar-refractivity contribution in [3.05, 3.63) is 29.8 Å². The van der Waals surface area contributed by atoms with Crippen LogP contribution >= 0.6 is 12.4 Å². The van der Waals surface area contributed by atoms with Crippen molar-refractivity contribution in [2.75, 3.05) is 26.2 Å². The summed E-state index contributed by atoms with van der Waals surface area (Å²) in [7, 11) is -3.42. The number of amides is 1. The molecule has 0 aromatic heterocycles. The van der Waals surface area contributed by atoms with Crippen molar-refractivity contribution >= 4 is 28.3 Å². The lowest BCUT2D eigenvalue weighted by molar-refractivity contribution is -0.124. The fraction of sp³-hybridized carbons (Fsp3) is 0.562. The number of carbonyl (C=O) groups is 1. The largest absolute Gasteiger partial charge is 0.352 e. The monoisotopic (exact) mass is 375 g/mol. The normalized spacial score (nSPS) is 17.5. The highest BCUT2D eigenvalue weighted by atomic mass is 35.5. The van der Waals surface area contributed by atoms with Gasteiger partial charge in [-0.25, -0.2) is 8.42 Å². The van der Waals surface area contributed by atoms with Crippen LogP contribution in [-0.2, 0) is 21.4 Å². The number of carbonyl (C=O) groups excluding carboxylic acids is 1. The minimum atomic E-state index is -3.42. The Bertz CT molecular complexity index is 624. The molecule has 2 rings (SSSR count). The standard InChI is InChI=1S/C16H25N3O3S.ClH/c1-3-19(4-2)23(21,22)15-7-5-13(6-8-15)11-18-16(20)14-9-10-17-12-14;/h5-8,14,17H,3-4,9-12H2,1-2H3,(H,18,20);1H. The van der Waals surface area contributed by atoms with Crippen molar-refractivity contribution in [2.45, 2.75) is 31.7 Å². The zero-order chi connectivity index (χ0) is 16.9. The van der Waals surface area contributed by atoms with E-state index in [1.165, 1.54) is 4.31 Å². The van der Waals surface area contributed by atoms with Crippen LogP contribution in [0.4, 0.5) is 0 Å². The Morgan fingerprint density at radius 3 is 2.38 bits per heavy atom. The van der Waals surface area contributed by atoms with E-state index in [1.54, 1.807) is 24.3 Å². The number of benzene rings is 1. The predicted molar refractivity (Wildman–Crippen MR) is 96.6 cm³/mol. The van der Waals surface area contributed by atoms with Crippen molar-refractivity contribution in [1.29, 1.82) is 0 Å². The molecule has 1 saturated heterocycles. The van der Waals surface area contributed by atoms with E-state index in [0.717, 1.165) is 25.1 Å². The highest BCUT2D eigenvalue weighted by Crippen LogP contribution is 2.16. The Labute approximate surface area is 150 Å². The highest BCUT2D eigenvalue weighted by molar-refractivity contribution is 7.89. The SMILES string of the molecule is CCN(CC)S(=O)(=O)c1ccc(CNC(=O)C2CCNC2)cc1.Cl. The average molecular weight is 376 g/mol. The molecule has 0 spiro atoms. The van der Waals surface area contributed by atoms with Crippen molar-refractivity contribution in [1.82, 2.24) is 14.9 Å². The van der Waals surface area contributed by atoms with Crippen LogP contribution in [0.5, 0.6) is 0 Å². The highest BCUT2D eigenvalue weighted by Gasteiger charge is 2.23. The van der Waals surface area contributed by atoms with Crippen LogP contribution in [-0.4, -0.2) is 44.8 Å². The third-order valence-electron chi connectivity index (χ3n) is 4.16. The molecule has 1 atom stereocenters. The molecule has 1 unspecified atom stereocenters. The molecule has 1 aromatic carbocycles. The molecular weight excluding hydrogens is 350 g/mol. The first kappa shape index (κ1) is 20.9. The third-order valence-corrected chi connectivity index (χ3v) is 6.23. The van der Waals surface area contributed by atoms with E-state index in [1.807, 2.05) is 13.8 Å². The second-order valence-corrected chi connectivity index (χ2v) is 7.58. The summed E-state index contributed by atoms with van der Waals surface area (Å²) < 4.78 is 26.2. The molecule has 1 aromatic rings. The predicted octanol–water partition coefficient (Wildman–Crippen LogP) is 1.36. The molecule has 1 heterocycles. The maximum Gasteiger partial charge on any atom is 0.243 e. The zero-order valence-electron chi connectivity index (χ0n) is 14.1. The van der Waals surface area contributed by atoms with Gasteiger partial charge in [-0.1, -0.05) is 26.0 Å². The molecule has 1 amide bonds. The number of rotatable bonds is 7. The summed E-state index contributed by atoms with van der Waals surface area (Å²) in [5, 5.41) is 6.07. The van der Waals surface area contributed by atoms with Gasteiger partial charge in [0, 0.05) is 26.2 Å². The average Bonchev–Trinajstić information content (AvgIpc) is 3.08. The summed E-state index contributed by atoms with van der Waals surface area (Å²) >= 11 is 0. The van der Waals surface area contributed by atoms with E-state index < -0.39 is 10.0 Å². The van der Waals surface area contributed by atoms with E-state index >= 15 is 0 Å². The lowest BCUT2D eigenvalue weighted by atomic mass is 10.1. The van der Waals surface area contributed by atoms with Crippen molar-refractivity contribution in [2.24, 2.45) is 5.92 Å². The second-order valence-electron chi connectivity index (χ2n) is 5.64. The van der Waals surface area contributed by atoms with Crippen molar-refractivity contribution in [3.8, 4) is 0 Å². The molecule has 6 nitrogen and oxygen atoms in total. The number of nitrogens with one attached hydrogen (secondary N) is 2. The lowest BCUT2D eigenvalue weighted by Gasteiger charge is -2.18. The van der Waals surface area contributed by atoms with E-state index in [4.69, 9.17) is 0 Å². The van der Waals surface area contributed by atoms with E-state index in [2.05, 4.69) is 10.6 Å². The molecule has 0 aliphatic carbocycles. The number of sulfonamides is 1. The summed E-state index contributed by atoms with van der Waals surface area (Å²) in [6.45, 7) is 6.58. The molecule has 0 bridgehead atoms. The van der Waals surface area contributed by atoms with E-state index in [0.29, 0.717) is 19.6 Å². The number of nitrogens with zero attached hydrogens (tertiary/aromatic N) is 1. The molecule has 0 saturated carbocycles. The van der Waals surface area contributed by atoms with Gasteiger partial charge in [0.05, 0.1) is 10.8 Å². The van der Waals surface area contributed by atoms with Gasteiger partial charge in [-0.3, -0.25) is 4.79 Å². The first-order valence-corrected chi connectivity index (χ1v) is 9.50. The maximum absolute atomic E-state index is 12.4. The van der Waals surface area contributed by atoms with Crippen LogP contribution in [0.2, 0.25) is 0 Å². The summed E-state index contributed by atoms with van der Waals surface area (Å²) in [6.07, 6.45) is 0.868. The fourth-order valence-electron chi connectivity index (χ4n) is 2.70. The maximum atomic E-state index is 12.4. The molecule has 1 aliphatic heterocycles. The Balaban J connectivity index is 0.00000288. The number of hydrogen-bond donors (Lipinski definition) is 2. The van der Waals surface area contributed by atoms with Crippen molar-refractivity contribution in [3.63, 3.8) is 0 Å². The lowest BCUT2D eigenvalue weighted by Crippen LogP contribution is -2.31. The minimum Gasteiger partial charge on any atom is -0.352 e. The van der Waals surface area contributed by atoms with Gasteiger partial charge in [0.25, 0.3) is 0 Å². The van der Waals surface area contributed by atoms with Gasteiger partial charge in [0.15, 0.2) is 0 Å². The van der Waals surface area contributed by atoms with Crippen molar-refractivity contribution < 1.29 is 13.2 Å². The summed E-state index contributed by atoms with van der Waals surface area (Å²) in [5.74, 6) is 0.0900. The van der Waals surface area contributed by atoms with Gasteiger partial charge in [0.2, 0.25) is 15.9 Å². The quantitative estimate of drug-likeness (QED) is 0.754. The van der Waals surface area contributed by atoms with Crippen LogP contribution in [0.1, 0.15) is 25.8 Å². The molecule has 2 N–H and O–H groups in total. The summed E-state index contributed by atoms with van der Waals surface area (Å²) in [5.41, 5.74) is 0.891. The van der Waals surface area contributed by atoms with E-state index in [9.17, 15) is 13.2 Å². The Morgan fingerprint density at radius 1 is 1.25 bits per heavy atom. The molecular formula is C16H26ClN3O3S. The van der Waals surface area contributed by atoms with Crippen LogP contribution in [0.25, 0.3) is 0 Å². The van der Waals surface area contributed by atoms with Crippen LogP contribution in [0.15, 0.2) is 29.2 Å². The van der Waals surface area contributed by atoms with Gasteiger partial charge in [-0.2, -0.15) is 4.31 Å². The van der Waals surface area contributed by atoms with Gasteiger partial charge in [0.1, 0.15) is 0 Å². The first-order chi connectivity index (χ1) is 11.0. The Morgan fingerprint density at radius 2 is 1.88 bits per heavy atom. The smallest absolute Gasteiger partial charge is 0.243 e. The van der Waals surface area contributed by atoms with Gasteiger partial charge in [-0.15, -0.1) is 12.4 Å². The number of hydrogen-bond acceptors (Lipinski definition) is 4. The van der Waals surface area contributed by atoms with Crippen LogP contribution in [0.3, 0.4) is 0 Å². The summed E-state index contributed by atoms with van der Waals surface area (Å²) in [4.78, 5) is 12.2. The van der Waals surface area contributed by atoms with Crippen LogP contribution in [0, 0.1) is 5.92 Å². The van der Waals surface area contributed by atoms with Crippen LogP contribution < -0.4 is 10.6 Å². The fourth-order valence-corrected chi connectivity index (χ4v) is 4.16. The third kappa shape index (κ3) is 4.92. The second kappa shape index (κ2) is 9.36. The number of halogens is 1. The molecule has 0 radical (unpaired) electrons.